The van der Waals surface area contributed by atoms with Crippen LogP contribution in [0.4, 0.5) is 0 Å². The van der Waals surface area contributed by atoms with Gasteiger partial charge in [-0.15, -0.1) is 0 Å². The molecule has 0 radical (unpaired) electrons. The second kappa shape index (κ2) is 6.87. The average molecular weight is 284 g/mol. The van der Waals surface area contributed by atoms with Crippen molar-refractivity contribution in [3.8, 4) is 5.69 Å². The van der Waals surface area contributed by atoms with Gasteiger partial charge in [0.25, 0.3) is 0 Å². The lowest BCUT2D eigenvalue weighted by Gasteiger charge is -2.27. The maximum atomic E-state index is 4.67. The van der Waals surface area contributed by atoms with Crippen molar-refractivity contribution in [3.63, 3.8) is 0 Å². The lowest BCUT2D eigenvalue weighted by atomic mass is 9.99. The van der Waals surface area contributed by atoms with Crippen LogP contribution in [0.15, 0.2) is 42.6 Å². The summed E-state index contributed by atoms with van der Waals surface area (Å²) in [5.41, 5.74) is 2.24. The Morgan fingerprint density at radius 1 is 1.29 bits per heavy atom. The van der Waals surface area contributed by atoms with Crippen molar-refractivity contribution in [2.45, 2.75) is 19.4 Å². The molecule has 2 aromatic rings. The Morgan fingerprint density at radius 2 is 2.14 bits per heavy atom. The van der Waals surface area contributed by atoms with Crippen molar-refractivity contribution in [1.29, 1.82) is 0 Å². The van der Waals surface area contributed by atoms with Crippen LogP contribution >= 0.6 is 0 Å². The Kier molecular flexibility index (Phi) is 4.68. The van der Waals surface area contributed by atoms with Crippen LogP contribution in [0.1, 0.15) is 18.5 Å². The monoisotopic (exact) mass is 284 g/mol. The second-order valence-electron chi connectivity index (χ2n) is 6.00. The summed E-state index contributed by atoms with van der Waals surface area (Å²) in [6.45, 7) is 4.39. The SMILES string of the molecule is CN(Cc1ccn(-c2ccccc2)n1)CC1CCCNC1. The zero-order chi connectivity index (χ0) is 14.5. The first-order chi connectivity index (χ1) is 10.3. The summed E-state index contributed by atoms with van der Waals surface area (Å²) in [5.74, 6) is 0.778. The molecule has 1 unspecified atom stereocenters. The number of aromatic nitrogens is 2. The molecule has 1 N–H and O–H groups in total. The van der Waals surface area contributed by atoms with Crippen molar-refractivity contribution in [3.05, 3.63) is 48.3 Å². The topological polar surface area (TPSA) is 33.1 Å². The summed E-state index contributed by atoms with van der Waals surface area (Å²) in [7, 11) is 2.19. The van der Waals surface area contributed by atoms with E-state index < -0.39 is 0 Å². The molecule has 1 atom stereocenters. The third-order valence-electron chi connectivity index (χ3n) is 4.07. The number of hydrogen-bond donors (Lipinski definition) is 1. The number of benzene rings is 1. The molecule has 1 saturated heterocycles. The fourth-order valence-electron chi connectivity index (χ4n) is 3.03. The molecule has 4 heteroatoms. The van der Waals surface area contributed by atoms with E-state index in [9.17, 15) is 0 Å². The zero-order valence-corrected chi connectivity index (χ0v) is 12.7. The summed E-state index contributed by atoms with van der Waals surface area (Å²) in [5, 5.41) is 8.16. The predicted molar refractivity (Wildman–Crippen MR) is 85.5 cm³/mol. The second-order valence-corrected chi connectivity index (χ2v) is 6.00. The van der Waals surface area contributed by atoms with Crippen LogP contribution in [0.3, 0.4) is 0 Å². The van der Waals surface area contributed by atoms with Gasteiger partial charge >= 0.3 is 0 Å². The first-order valence-electron chi connectivity index (χ1n) is 7.80. The molecule has 0 amide bonds. The number of nitrogens with one attached hydrogen (secondary N) is 1. The van der Waals surface area contributed by atoms with E-state index in [0.29, 0.717) is 0 Å². The van der Waals surface area contributed by atoms with Gasteiger partial charge in [-0.1, -0.05) is 18.2 Å². The molecule has 0 bridgehead atoms. The van der Waals surface area contributed by atoms with E-state index in [-0.39, 0.29) is 0 Å². The molecule has 1 aliphatic rings. The molecular weight excluding hydrogens is 260 g/mol. The minimum Gasteiger partial charge on any atom is -0.316 e. The Balaban J connectivity index is 1.56. The van der Waals surface area contributed by atoms with Crippen molar-refractivity contribution in [2.24, 2.45) is 5.92 Å². The molecule has 0 saturated carbocycles. The van der Waals surface area contributed by atoms with Crippen molar-refractivity contribution < 1.29 is 0 Å². The number of hydrogen-bond acceptors (Lipinski definition) is 3. The highest BCUT2D eigenvalue weighted by Crippen LogP contribution is 2.13. The number of piperidine rings is 1. The van der Waals surface area contributed by atoms with Crippen LogP contribution in [0.2, 0.25) is 0 Å². The molecule has 112 valence electrons. The largest absolute Gasteiger partial charge is 0.316 e. The Morgan fingerprint density at radius 3 is 2.90 bits per heavy atom. The van der Waals surface area contributed by atoms with Crippen molar-refractivity contribution in [1.82, 2.24) is 20.0 Å². The summed E-state index contributed by atoms with van der Waals surface area (Å²) in [6, 6.07) is 12.4. The third kappa shape index (κ3) is 3.93. The van der Waals surface area contributed by atoms with Gasteiger partial charge in [0.05, 0.1) is 11.4 Å². The fraction of sp³-hybridized carbons (Fsp3) is 0.471. The average Bonchev–Trinajstić information content (AvgIpc) is 2.97. The van der Waals surface area contributed by atoms with E-state index >= 15 is 0 Å². The molecule has 1 fully saturated rings. The molecule has 21 heavy (non-hydrogen) atoms. The van der Waals surface area contributed by atoms with E-state index in [0.717, 1.165) is 36.9 Å². The van der Waals surface area contributed by atoms with Crippen LogP contribution < -0.4 is 5.32 Å². The third-order valence-corrected chi connectivity index (χ3v) is 4.07. The van der Waals surface area contributed by atoms with Crippen molar-refractivity contribution in [2.75, 3.05) is 26.7 Å². The van der Waals surface area contributed by atoms with E-state index in [2.05, 4.69) is 40.6 Å². The lowest BCUT2D eigenvalue weighted by Crippen LogP contribution is -2.36. The molecule has 1 aromatic carbocycles. The van der Waals surface area contributed by atoms with Crippen LogP contribution in [0, 0.1) is 5.92 Å². The number of para-hydroxylation sites is 1. The Hall–Kier alpha value is -1.65. The molecule has 1 aliphatic heterocycles. The van der Waals surface area contributed by atoms with E-state index in [1.54, 1.807) is 0 Å². The Bertz CT molecular complexity index is 543. The maximum absolute atomic E-state index is 4.67. The highest BCUT2D eigenvalue weighted by atomic mass is 15.3. The minimum absolute atomic E-state index is 0.778. The highest BCUT2D eigenvalue weighted by molar-refractivity contribution is 5.30. The van der Waals surface area contributed by atoms with Crippen LogP contribution in [-0.4, -0.2) is 41.4 Å². The van der Waals surface area contributed by atoms with Gasteiger partial charge < -0.3 is 10.2 Å². The van der Waals surface area contributed by atoms with Gasteiger partial charge in [0.15, 0.2) is 0 Å². The molecule has 3 rings (SSSR count). The Labute approximate surface area is 126 Å². The molecule has 0 aliphatic carbocycles. The van der Waals surface area contributed by atoms with Gasteiger partial charge in [-0.05, 0) is 57.1 Å². The normalized spacial score (nSPS) is 19.0. The summed E-state index contributed by atoms with van der Waals surface area (Å²) in [6.07, 6.45) is 4.69. The van der Waals surface area contributed by atoms with Crippen molar-refractivity contribution >= 4 is 0 Å². The summed E-state index contributed by atoms with van der Waals surface area (Å²) in [4.78, 5) is 2.38. The molecule has 1 aromatic heterocycles. The standard InChI is InChI=1S/C17H24N4/c1-20(13-15-6-5-10-18-12-15)14-16-9-11-21(19-16)17-7-3-2-4-8-17/h2-4,7-9,11,15,18H,5-6,10,12-14H2,1H3. The minimum atomic E-state index is 0.778. The van der Waals surface area contributed by atoms with Gasteiger partial charge in [-0.3, -0.25) is 0 Å². The first-order valence-corrected chi connectivity index (χ1v) is 7.80. The molecule has 4 nitrogen and oxygen atoms in total. The number of nitrogens with zero attached hydrogens (tertiary/aromatic N) is 3. The van der Waals surface area contributed by atoms with Gasteiger partial charge in [0.2, 0.25) is 0 Å². The van der Waals surface area contributed by atoms with Gasteiger partial charge in [0, 0.05) is 19.3 Å². The lowest BCUT2D eigenvalue weighted by molar-refractivity contribution is 0.235. The van der Waals surface area contributed by atoms with E-state index in [4.69, 9.17) is 0 Å². The van der Waals surface area contributed by atoms with E-state index in [1.165, 1.54) is 19.4 Å². The smallest absolute Gasteiger partial charge is 0.0769 e. The van der Waals surface area contributed by atoms with Crippen LogP contribution in [0.25, 0.3) is 5.69 Å². The van der Waals surface area contributed by atoms with Crippen LogP contribution in [-0.2, 0) is 6.54 Å². The zero-order valence-electron chi connectivity index (χ0n) is 12.7. The van der Waals surface area contributed by atoms with E-state index in [1.807, 2.05) is 29.1 Å². The van der Waals surface area contributed by atoms with Gasteiger partial charge in [-0.25, -0.2) is 4.68 Å². The highest BCUT2D eigenvalue weighted by Gasteiger charge is 2.15. The van der Waals surface area contributed by atoms with Gasteiger partial charge in [0.1, 0.15) is 0 Å². The quantitative estimate of drug-likeness (QED) is 0.914. The first kappa shape index (κ1) is 14.3. The maximum Gasteiger partial charge on any atom is 0.0769 e. The summed E-state index contributed by atoms with van der Waals surface area (Å²) >= 11 is 0. The van der Waals surface area contributed by atoms with Gasteiger partial charge in [-0.2, -0.15) is 5.10 Å². The molecular formula is C17H24N4. The predicted octanol–water partition coefficient (Wildman–Crippen LogP) is 2.30. The fourth-order valence-corrected chi connectivity index (χ4v) is 3.03. The molecule has 0 spiro atoms. The van der Waals surface area contributed by atoms with Crippen LogP contribution in [0.5, 0.6) is 0 Å². The molecule has 2 heterocycles. The number of rotatable bonds is 5. The summed E-state index contributed by atoms with van der Waals surface area (Å²) < 4.78 is 1.95.